The van der Waals surface area contributed by atoms with E-state index in [4.69, 9.17) is 9.15 Å². The quantitative estimate of drug-likeness (QED) is 0.390. The van der Waals surface area contributed by atoms with E-state index in [1.807, 2.05) is 0 Å². The maximum absolute atomic E-state index is 12.8. The third-order valence-corrected chi connectivity index (χ3v) is 3.88. The Morgan fingerprint density at radius 2 is 1.85 bits per heavy atom. The SMILES string of the molecule is O=C([O-])Oc1cc(=O)c2cc3c(cc2o1)OCc1ccccc1C3=O.[Na+]. The van der Waals surface area contributed by atoms with Crippen LogP contribution in [-0.4, -0.2) is 11.9 Å². The van der Waals surface area contributed by atoms with Crippen LogP contribution in [0.2, 0.25) is 0 Å². The zero-order chi connectivity index (χ0) is 17.6. The van der Waals surface area contributed by atoms with Crippen LogP contribution in [0.3, 0.4) is 0 Å². The predicted octanol–water partition coefficient (Wildman–Crippen LogP) is -1.36. The van der Waals surface area contributed by atoms with E-state index in [0.717, 1.165) is 11.6 Å². The maximum Gasteiger partial charge on any atom is 1.00 e. The van der Waals surface area contributed by atoms with Gasteiger partial charge in [0.2, 0.25) is 5.95 Å². The number of ether oxygens (including phenoxy) is 2. The molecule has 3 aromatic rings. The first kappa shape index (κ1) is 18.2. The van der Waals surface area contributed by atoms with E-state index in [9.17, 15) is 19.5 Å². The van der Waals surface area contributed by atoms with Crippen LogP contribution < -0.4 is 49.6 Å². The minimum Gasteiger partial charge on any atom is -0.488 e. The Bertz CT molecular complexity index is 1100. The van der Waals surface area contributed by atoms with Gasteiger partial charge in [-0.1, -0.05) is 24.3 Å². The number of hydrogen-bond acceptors (Lipinski definition) is 7. The van der Waals surface area contributed by atoms with Crippen molar-refractivity contribution < 1.29 is 58.1 Å². The Morgan fingerprint density at radius 1 is 1.08 bits per heavy atom. The second-order valence-corrected chi connectivity index (χ2v) is 5.40. The molecule has 0 aliphatic carbocycles. The van der Waals surface area contributed by atoms with Gasteiger partial charge in [0.25, 0.3) is 6.16 Å². The zero-order valence-electron chi connectivity index (χ0n) is 13.6. The predicted molar refractivity (Wildman–Crippen MR) is 82.7 cm³/mol. The van der Waals surface area contributed by atoms with Gasteiger partial charge in [-0.25, -0.2) is 0 Å². The molecular weight excluding hydrogens is 351 g/mol. The summed E-state index contributed by atoms with van der Waals surface area (Å²) in [6.45, 7) is 0.180. The molecule has 26 heavy (non-hydrogen) atoms. The van der Waals surface area contributed by atoms with E-state index < -0.39 is 17.5 Å². The van der Waals surface area contributed by atoms with Crippen molar-refractivity contribution in [3.63, 3.8) is 0 Å². The van der Waals surface area contributed by atoms with Crippen LogP contribution in [0.4, 0.5) is 4.79 Å². The molecule has 0 radical (unpaired) electrons. The summed E-state index contributed by atoms with van der Waals surface area (Å²) >= 11 is 0. The minimum absolute atomic E-state index is 0. The molecule has 2 aromatic carbocycles. The molecule has 4 rings (SSSR count). The van der Waals surface area contributed by atoms with Crippen LogP contribution >= 0.6 is 0 Å². The van der Waals surface area contributed by atoms with Crippen molar-refractivity contribution in [3.05, 3.63) is 69.4 Å². The molecule has 0 spiro atoms. The van der Waals surface area contributed by atoms with Crippen molar-refractivity contribution in [2.75, 3.05) is 0 Å². The van der Waals surface area contributed by atoms with Crippen molar-refractivity contribution >= 4 is 22.9 Å². The standard InChI is InChI=1S/C18H10O7.Na/c19-13-6-16(25-18(21)22)24-15-7-14-12(5-11(13)15)17(20)10-4-2-1-3-9(10)8-23-14;/h1-7H,8H2,(H,21,22);/q;+1/p-1. The van der Waals surface area contributed by atoms with E-state index in [1.165, 1.54) is 12.1 Å². The van der Waals surface area contributed by atoms with Gasteiger partial charge in [-0.05, 0) is 6.07 Å². The number of ketones is 1. The molecule has 124 valence electrons. The summed E-state index contributed by atoms with van der Waals surface area (Å²) in [6.07, 6.45) is -1.85. The normalized spacial score (nSPS) is 12.2. The molecule has 1 aromatic heterocycles. The monoisotopic (exact) mass is 360 g/mol. The first-order valence-electron chi connectivity index (χ1n) is 7.29. The van der Waals surface area contributed by atoms with Crippen LogP contribution in [0.1, 0.15) is 21.5 Å². The number of rotatable bonds is 1. The smallest absolute Gasteiger partial charge is 0.488 e. The summed E-state index contributed by atoms with van der Waals surface area (Å²) in [7, 11) is 0. The fourth-order valence-electron chi connectivity index (χ4n) is 2.76. The Balaban J connectivity index is 0.00000196. The molecular formula is C18H9NaO7. The molecule has 0 fully saturated rings. The van der Waals surface area contributed by atoms with Crippen molar-refractivity contribution in [1.29, 1.82) is 0 Å². The molecule has 0 atom stereocenters. The Morgan fingerprint density at radius 3 is 2.62 bits per heavy atom. The van der Waals surface area contributed by atoms with E-state index >= 15 is 0 Å². The molecule has 0 unspecified atom stereocenters. The number of hydrogen-bond donors (Lipinski definition) is 0. The Hall–Kier alpha value is -2.61. The first-order chi connectivity index (χ1) is 12.0. The van der Waals surface area contributed by atoms with Gasteiger partial charge in [-0.2, -0.15) is 0 Å². The van der Waals surface area contributed by atoms with Gasteiger partial charge in [0.15, 0.2) is 11.2 Å². The van der Waals surface area contributed by atoms with Gasteiger partial charge < -0.3 is 23.8 Å². The molecule has 8 heteroatoms. The second-order valence-electron chi connectivity index (χ2n) is 5.40. The summed E-state index contributed by atoms with van der Waals surface area (Å²) in [5.74, 6) is -0.539. The molecule has 2 heterocycles. The molecule has 0 bridgehead atoms. The molecule has 7 nitrogen and oxygen atoms in total. The molecule has 1 aliphatic rings. The third-order valence-electron chi connectivity index (χ3n) is 3.88. The summed E-state index contributed by atoms with van der Waals surface area (Å²) in [6, 6.07) is 10.7. The summed E-state index contributed by atoms with van der Waals surface area (Å²) in [4.78, 5) is 35.5. The molecule has 0 saturated carbocycles. The van der Waals surface area contributed by atoms with E-state index in [2.05, 4.69) is 4.74 Å². The number of fused-ring (bicyclic) bond motifs is 3. The average molecular weight is 360 g/mol. The minimum atomic E-state index is -1.85. The Kier molecular flexibility index (Phi) is 4.86. The van der Waals surface area contributed by atoms with Gasteiger partial charge >= 0.3 is 29.6 Å². The number of carbonyl (C=O) groups excluding carboxylic acids is 2. The van der Waals surface area contributed by atoms with Gasteiger partial charge in [0, 0.05) is 23.3 Å². The zero-order valence-corrected chi connectivity index (χ0v) is 15.6. The van der Waals surface area contributed by atoms with Gasteiger partial charge in [-0.3, -0.25) is 9.59 Å². The van der Waals surface area contributed by atoms with Crippen molar-refractivity contribution in [2.45, 2.75) is 6.61 Å². The molecule has 1 aliphatic heterocycles. The van der Waals surface area contributed by atoms with E-state index in [0.29, 0.717) is 5.56 Å². The van der Waals surface area contributed by atoms with Crippen LogP contribution in [0.5, 0.6) is 11.7 Å². The second kappa shape index (κ2) is 6.95. The van der Waals surface area contributed by atoms with Crippen LogP contribution in [0.15, 0.2) is 51.7 Å². The molecule has 0 amide bonds. The summed E-state index contributed by atoms with van der Waals surface area (Å²) < 4.78 is 15.2. The number of benzene rings is 2. The Labute approximate surface area is 168 Å². The van der Waals surface area contributed by atoms with E-state index in [1.54, 1.807) is 24.3 Å². The van der Waals surface area contributed by atoms with Gasteiger partial charge in [0.05, 0.1) is 10.9 Å². The molecule has 0 N–H and O–H groups in total. The average Bonchev–Trinajstić information content (AvgIpc) is 2.71. The number of carbonyl (C=O) groups is 2. The van der Waals surface area contributed by atoms with Crippen LogP contribution in [-0.2, 0) is 6.61 Å². The number of carboxylic acid groups (broad SMARTS) is 1. The summed E-state index contributed by atoms with van der Waals surface area (Å²) in [5, 5.41) is 10.6. The van der Waals surface area contributed by atoms with Crippen molar-refractivity contribution in [1.82, 2.24) is 0 Å². The largest absolute Gasteiger partial charge is 1.00 e. The van der Waals surface area contributed by atoms with Crippen LogP contribution in [0.25, 0.3) is 11.0 Å². The van der Waals surface area contributed by atoms with Gasteiger partial charge in [-0.15, -0.1) is 0 Å². The first-order valence-corrected chi connectivity index (χ1v) is 7.29. The third kappa shape index (κ3) is 3.12. The topological polar surface area (TPSA) is 106 Å². The maximum atomic E-state index is 12.8. The van der Waals surface area contributed by atoms with Gasteiger partial charge in [0.1, 0.15) is 17.9 Å². The van der Waals surface area contributed by atoms with Crippen LogP contribution in [0, 0.1) is 0 Å². The summed E-state index contributed by atoms with van der Waals surface area (Å²) in [5.41, 5.74) is 0.958. The van der Waals surface area contributed by atoms with E-state index in [-0.39, 0.29) is 64.2 Å². The molecule has 0 saturated heterocycles. The fourth-order valence-corrected chi connectivity index (χ4v) is 2.76. The fraction of sp³-hybridized carbons (Fsp3) is 0.0556. The van der Waals surface area contributed by atoms with Crippen molar-refractivity contribution in [3.8, 4) is 11.7 Å². The van der Waals surface area contributed by atoms with Crippen molar-refractivity contribution in [2.24, 2.45) is 0 Å².